The fourth-order valence-corrected chi connectivity index (χ4v) is 1.40. The number of hydrogen-bond acceptors (Lipinski definition) is 3. The first-order valence-electron chi connectivity index (χ1n) is 5.56. The number of carbonyl (C=O) groups is 1. The number of carbonyl (C=O) groups excluding carboxylic acids is 1. The Balaban J connectivity index is 3.24. The Hall–Kier alpha value is -1.38. The molecule has 0 saturated heterocycles. The van der Waals surface area contributed by atoms with E-state index >= 15 is 0 Å². The highest BCUT2D eigenvalue weighted by Gasteiger charge is 2.13. The van der Waals surface area contributed by atoms with Gasteiger partial charge in [0.2, 0.25) is 0 Å². The minimum absolute atomic E-state index is 0.300. The van der Waals surface area contributed by atoms with E-state index in [0.717, 1.165) is 11.4 Å². The largest absolute Gasteiger partial charge is 0.465 e. The van der Waals surface area contributed by atoms with Crippen LogP contribution in [0.3, 0.4) is 0 Å². The molecule has 0 saturated carbocycles. The van der Waals surface area contributed by atoms with Gasteiger partial charge in [0.25, 0.3) is 0 Å². The summed E-state index contributed by atoms with van der Waals surface area (Å²) in [4.78, 5) is 16.1. The Morgan fingerprint density at radius 2 is 1.56 bits per heavy atom. The highest BCUT2D eigenvalue weighted by atomic mass is 16.5. The van der Waals surface area contributed by atoms with Gasteiger partial charge in [0.05, 0.1) is 12.7 Å². The molecule has 1 aromatic rings. The summed E-state index contributed by atoms with van der Waals surface area (Å²) in [7, 11) is 1.40. The summed E-state index contributed by atoms with van der Waals surface area (Å²) >= 11 is 0. The molecule has 0 amide bonds. The molecule has 0 aliphatic carbocycles. The summed E-state index contributed by atoms with van der Waals surface area (Å²) < 4.78 is 4.74. The molecule has 0 fully saturated rings. The quantitative estimate of drug-likeness (QED) is 0.736. The van der Waals surface area contributed by atoms with Crippen LogP contribution in [0.25, 0.3) is 0 Å². The summed E-state index contributed by atoms with van der Waals surface area (Å²) in [6.07, 6.45) is 0. The average molecular weight is 221 g/mol. The molecule has 0 bridgehead atoms. The molecule has 3 heteroatoms. The Morgan fingerprint density at radius 1 is 1.12 bits per heavy atom. The molecule has 16 heavy (non-hydrogen) atoms. The van der Waals surface area contributed by atoms with Crippen LogP contribution in [0.5, 0.6) is 0 Å². The van der Waals surface area contributed by atoms with Gasteiger partial charge in [-0.05, 0) is 24.0 Å². The number of methoxy groups -OCH3 is 1. The van der Waals surface area contributed by atoms with Crippen LogP contribution in [0.4, 0.5) is 0 Å². The molecule has 1 heterocycles. The summed E-state index contributed by atoms with van der Waals surface area (Å²) in [5.41, 5.74) is 2.46. The van der Waals surface area contributed by atoms with Gasteiger partial charge in [-0.3, -0.25) is 4.98 Å². The third kappa shape index (κ3) is 2.81. The van der Waals surface area contributed by atoms with Crippen LogP contribution in [0, 0.1) is 0 Å². The van der Waals surface area contributed by atoms with Crippen molar-refractivity contribution in [2.24, 2.45) is 0 Å². The van der Waals surface area contributed by atoms with Crippen molar-refractivity contribution in [2.45, 2.75) is 39.5 Å². The van der Waals surface area contributed by atoms with Crippen LogP contribution in [0.15, 0.2) is 12.1 Å². The van der Waals surface area contributed by atoms with Gasteiger partial charge in [0, 0.05) is 11.4 Å². The lowest BCUT2D eigenvalue weighted by atomic mass is 10.0. The second-order valence-corrected chi connectivity index (χ2v) is 4.51. The zero-order valence-corrected chi connectivity index (χ0v) is 10.6. The first-order valence-corrected chi connectivity index (χ1v) is 5.56. The maximum atomic E-state index is 11.5. The molecule has 0 unspecified atom stereocenters. The lowest BCUT2D eigenvalue weighted by Gasteiger charge is -2.12. The third-order valence-corrected chi connectivity index (χ3v) is 2.47. The van der Waals surface area contributed by atoms with E-state index in [1.807, 2.05) is 12.1 Å². The van der Waals surface area contributed by atoms with Crippen LogP contribution in [-0.2, 0) is 4.74 Å². The molecule has 0 aromatic carbocycles. The topological polar surface area (TPSA) is 39.2 Å². The first kappa shape index (κ1) is 12.7. The Labute approximate surface area is 96.8 Å². The van der Waals surface area contributed by atoms with E-state index in [9.17, 15) is 4.79 Å². The highest BCUT2D eigenvalue weighted by Crippen LogP contribution is 2.20. The number of ether oxygens (including phenoxy) is 1. The lowest BCUT2D eigenvalue weighted by molar-refractivity contribution is 0.0600. The van der Waals surface area contributed by atoms with Crippen LogP contribution in [0.1, 0.15) is 61.3 Å². The van der Waals surface area contributed by atoms with Crippen molar-refractivity contribution in [3.63, 3.8) is 0 Å². The third-order valence-electron chi connectivity index (χ3n) is 2.47. The summed E-state index contributed by atoms with van der Waals surface area (Å²) in [5, 5.41) is 0. The minimum Gasteiger partial charge on any atom is -0.465 e. The van der Waals surface area contributed by atoms with Crippen molar-refractivity contribution < 1.29 is 9.53 Å². The van der Waals surface area contributed by atoms with E-state index in [4.69, 9.17) is 4.74 Å². The van der Waals surface area contributed by atoms with E-state index in [0.29, 0.717) is 17.4 Å². The predicted molar refractivity (Wildman–Crippen MR) is 63.8 cm³/mol. The molecule has 0 N–H and O–H groups in total. The number of nitrogens with zero attached hydrogens (tertiary/aromatic N) is 1. The standard InChI is InChI=1S/C13H19NO2/c1-8(2)11-6-10(13(15)16-5)7-12(14-11)9(3)4/h6-9H,1-5H3. The van der Waals surface area contributed by atoms with Crippen molar-refractivity contribution in [1.82, 2.24) is 4.98 Å². The summed E-state index contributed by atoms with van der Waals surface area (Å²) in [6.45, 7) is 8.25. The Bertz CT molecular complexity index is 357. The van der Waals surface area contributed by atoms with Crippen molar-refractivity contribution in [3.05, 3.63) is 29.1 Å². The fraction of sp³-hybridized carbons (Fsp3) is 0.538. The van der Waals surface area contributed by atoms with E-state index in [1.54, 1.807) is 0 Å². The van der Waals surface area contributed by atoms with E-state index in [1.165, 1.54) is 7.11 Å². The number of rotatable bonds is 3. The number of esters is 1. The molecule has 0 aliphatic rings. The number of hydrogen-bond donors (Lipinski definition) is 0. The molecule has 88 valence electrons. The minimum atomic E-state index is -0.300. The first-order chi connectivity index (χ1) is 7.45. The summed E-state index contributed by atoms with van der Waals surface area (Å²) in [5.74, 6) is 0.315. The molecule has 0 atom stereocenters. The molecule has 3 nitrogen and oxygen atoms in total. The normalized spacial score (nSPS) is 10.9. The van der Waals surface area contributed by atoms with E-state index in [-0.39, 0.29) is 5.97 Å². The number of pyridine rings is 1. The maximum Gasteiger partial charge on any atom is 0.337 e. The van der Waals surface area contributed by atoms with Crippen molar-refractivity contribution in [1.29, 1.82) is 0 Å². The monoisotopic (exact) mass is 221 g/mol. The second kappa shape index (κ2) is 5.10. The predicted octanol–water partition coefficient (Wildman–Crippen LogP) is 3.12. The summed E-state index contributed by atoms with van der Waals surface area (Å²) in [6, 6.07) is 3.62. The van der Waals surface area contributed by atoms with Crippen molar-refractivity contribution >= 4 is 5.97 Å². The van der Waals surface area contributed by atoms with Gasteiger partial charge >= 0.3 is 5.97 Å². The average Bonchev–Trinajstić information content (AvgIpc) is 2.27. The molecule has 0 radical (unpaired) electrons. The number of aromatic nitrogens is 1. The van der Waals surface area contributed by atoms with Crippen LogP contribution >= 0.6 is 0 Å². The van der Waals surface area contributed by atoms with Gasteiger partial charge in [-0.2, -0.15) is 0 Å². The lowest BCUT2D eigenvalue weighted by Crippen LogP contribution is -2.07. The zero-order valence-electron chi connectivity index (χ0n) is 10.6. The second-order valence-electron chi connectivity index (χ2n) is 4.51. The molecule has 0 spiro atoms. The SMILES string of the molecule is COC(=O)c1cc(C(C)C)nc(C(C)C)c1. The highest BCUT2D eigenvalue weighted by molar-refractivity contribution is 5.89. The molecule has 1 aromatic heterocycles. The fourth-order valence-electron chi connectivity index (χ4n) is 1.40. The van der Waals surface area contributed by atoms with Gasteiger partial charge in [0.1, 0.15) is 0 Å². The Kier molecular flexibility index (Phi) is 4.05. The van der Waals surface area contributed by atoms with Gasteiger partial charge in [0.15, 0.2) is 0 Å². The van der Waals surface area contributed by atoms with Crippen molar-refractivity contribution in [3.8, 4) is 0 Å². The maximum absolute atomic E-state index is 11.5. The molecule has 0 aliphatic heterocycles. The van der Waals surface area contributed by atoms with E-state index < -0.39 is 0 Å². The van der Waals surface area contributed by atoms with Gasteiger partial charge in [-0.1, -0.05) is 27.7 Å². The van der Waals surface area contributed by atoms with Crippen LogP contribution in [-0.4, -0.2) is 18.1 Å². The van der Waals surface area contributed by atoms with Gasteiger partial charge in [-0.15, -0.1) is 0 Å². The van der Waals surface area contributed by atoms with Gasteiger partial charge in [-0.25, -0.2) is 4.79 Å². The Morgan fingerprint density at radius 3 is 1.88 bits per heavy atom. The molecule has 1 rings (SSSR count). The van der Waals surface area contributed by atoms with Crippen LogP contribution in [0.2, 0.25) is 0 Å². The zero-order chi connectivity index (χ0) is 12.3. The van der Waals surface area contributed by atoms with E-state index in [2.05, 4.69) is 32.7 Å². The van der Waals surface area contributed by atoms with Crippen LogP contribution < -0.4 is 0 Å². The smallest absolute Gasteiger partial charge is 0.337 e. The molecular weight excluding hydrogens is 202 g/mol. The van der Waals surface area contributed by atoms with Crippen molar-refractivity contribution in [2.75, 3.05) is 7.11 Å². The van der Waals surface area contributed by atoms with Gasteiger partial charge < -0.3 is 4.74 Å². The molecular formula is C13H19NO2.